The first kappa shape index (κ1) is 20.1. The van der Waals surface area contributed by atoms with Gasteiger partial charge in [0.25, 0.3) is 5.91 Å². The Hall–Kier alpha value is -4.19. The summed E-state index contributed by atoms with van der Waals surface area (Å²) in [6, 6.07) is 23.2. The number of fused-ring (bicyclic) bond motifs is 1. The van der Waals surface area contributed by atoms with Crippen LogP contribution in [0.3, 0.4) is 0 Å². The minimum absolute atomic E-state index is 0.0559. The monoisotopic (exact) mass is 412 g/mol. The number of carbonyl (C=O) groups excluding carboxylic acids is 3. The van der Waals surface area contributed by atoms with Crippen molar-refractivity contribution in [3.63, 3.8) is 0 Å². The van der Waals surface area contributed by atoms with Crippen LogP contribution in [-0.2, 0) is 20.7 Å². The SMILES string of the molecule is O=C(COC(=O)Cc1c[nH]c2ccccc12)Nc1ccccc1C(=O)c1ccccc1. The predicted molar refractivity (Wildman–Crippen MR) is 118 cm³/mol. The van der Waals surface area contributed by atoms with Gasteiger partial charge < -0.3 is 15.0 Å². The van der Waals surface area contributed by atoms with Crippen molar-refractivity contribution in [3.05, 3.63) is 102 Å². The number of para-hydroxylation sites is 2. The normalized spacial score (nSPS) is 10.6. The van der Waals surface area contributed by atoms with Gasteiger partial charge in [0.2, 0.25) is 0 Å². The topological polar surface area (TPSA) is 88.3 Å². The molecule has 0 fully saturated rings. The molecule has 3 aromatic carbocycles. The van der Waals surface area contributed by atoms with Crippen LogP contribution < -0.4 is 5.32 Å². The van der Waals surface area contributed by atoms with Crippen LogP contribution in [0.15, 0.2) is 85.1 Å². The third kappa shape index (κ3) is 4.70. The number of aromatic amines is 1. The number of aromatic nitrogens is 1. The zero-order valence-corrected chi connectivity index (χ0v) is 16.6. The molecule has 0 aliphatic carbocycles. The quantitative estimate of drug-likeness (QED) is 0.353. The smallest absolute Gasteiger partial charge is 0.310 e. The zero-order chi connectivity index (χ0) is 21.6. The van der Waals surface area contributed by atoms with Crippen molar-refractivity contribution < 1.29 is 19.1 Å². The average Bonchev–Trinajstić information content (AvgIpc) is 3.21. The molecule has 31 heavy (non-hydrogen) atoms. The fourth-order valence-corrected chi connectivity index (χ4v) is 3.35. The molecular formula is C25H20N2O4. The Labute approximate surface area is 178 Å². The fraction of sp³-hybridized carbons (Fsp3) is 0.0800. The van der Waals surface area contributed by atoms with Gasteiger partial charge in [-0.05, 0) is 23.8 Å². The van der Waals surface area contributed by atoms with Gasteiger partial charge in [-0.3, -0.25) is 14.4 Å². The van der Waals surface area contributed by atoms with Gasteiger partial charge in [-0.2, -0.15) is 0 Å². The van der Waals surface area contributed by atoms with Crippen molar-refractivity contribution in [2.75, 3.05) is 11.9 Å². The molecule has 6 nitrogen and oxygen atoms in total. The summed E-state index contributed by atoms with van der Waals surface area (Å²) in [7, 11) is 0. The first-order valence-electron chi connectivity index (χ1n) is 9.81. The number of ketones is 1. The van der Waals surface area contributed by atoms with Gasteiger partial charge in [0.1, 0.15) is 0 Å². The zero-order valence-electron chi connectivity index (χ0n) is 16.6. The molecular weight excluding hydrogens is 392 g/mol. The summed E-state index contributed by atoms with van der Waals surface area (Å²) in [4.78, 5) is 40.4. The van der Waals surface area contributed by atoms with Crippen molar-refractivity contribution in [1.29, 1.82) is 0 Å². The first-order chi connectivity index (χ1) is 15.1. The minimum Gasteiger partial charge on any atom is -0.455 e. The van der Waals surface area contributed by atoms with Crippen molar-refractivity contribution in [3.8, 4) is 0 Å². The second-order valence-electron chi connectivity index (χ2n) is 6.99. The number of anilines is 1. The maximum atomic E-state index is 12.8. The third-order valence-electron chi connectivity index (χ3n) is 4.86. The van der Waals surface area contributed by atoms with Crippen molar-refractivity contribution in [1.82, 2.24) is 4.98 Å². The molecule has 1 heterocycles. The van der Waals surface area contributed by atoms with Gasteiger partial charge in [-0.25, -0.2) is 0 Å². The van der Waals surface area contributed by atoms with E-state index in [2.05, 4.69) is 10.3 Å². The molecule has 0 atom stereocenters. The summed E-state index contributed by atoms with van der Waals surface area (Å²) < 4.78 is 5.13. The number of hydrogen-bond acceptors (Lipinski definition) is 4. The lowest BCUT2D eigenvalue weighted by Crippen LogP contribution is -2.22. The standard InChI is InChI=1S/C25H20N2O4/c28-23(16-31-24(29)14-18-15-26-21-12-6-4-10-19(18)21)27-22-13-7-5-11-20(22)25(30)17-8-2-1-3-9-17/h1-13,15,26H,14,16H2,(H,27,28). The van der Waals surface area contributed by atoms with E-state index in [9.17, 15) is 14.4 Å². The third-order valence-corrected chi connectivity index (χ3v) is 4.86. The second-order valence-corrected chi connectivity index (χ2v) is 6.99. The predicted octanol–water partition coefficient (Wildman–Crippen LogP) is 4.12. The molecule has 1 aromatic heterocycles. The van der Waals surface area contributed by atoms with Gasteiger partial charge >= 0.3 is 5.97 Å². The van der Waals surface area contributed by atoms with Crippen molar-refractivity contribution >= 4 is 34.3 Å². The van der Waals surface area contributed by atoms with Gasteiger partial charge in [-0.15, -0.1) is 0 Å². The Morgan fingerprint density at radius 2 is 1.55 bits per heavy atom. The Morgan fingerprint density at radius 3 is 2.39 bits per heavy atom. The number of amides is 1. The van der Waals surface area contributed by atoms with Gasteiger partial charge in [0.05, 0.1) is 12.1 Å². The molecule has 0 bridgehead atoms. The van der Waals surface area contributed by atoms with E-state index < -0.39 is 18.5 Å². The molecule has 0 aliphatic heterocycles. The number of H-pyrrole nitrogens is 1. The summed E-state index contributed by atoms with van der Waals surface area (Å²) in [6.45, 7) is -0.435. The van der Waals surface area contributed by atoms with E-state index in [4.69, 9.17) is 4.74 Å². The summed E-state index contributed by atoms with van der Waals surface area (Å²) in [6.07, 6.45) is 1.82. The lowest BCUT2D eigenvalue weighted by Gasteiger charge is -2.11. The van der Waals surface area contributed by atoms with E-state index in [1.807, 2.05) is 30.3 Å². The van der Waals surface area contributed by atoms with Crippen LogP contribution in [0.1, 0.15) is 21.5 Å². The number of ether oxygens (including phenoxy) is 1. The maximum Gasteiger partial charge on any atom is 0.310 e. The van der Waals surface area contributed by atoms with Gasteiger partial charge in [0.15, 0.2) is 12.4 Å². The van der Waals surface area contributed by atoms with Crippen LogP contribution in [-0.4, -0.2) is 29.3 Å². The molecule has 0 aliphatic rings. The number of rotatable bonds is 7. The molecule has 1 amide bonds. The van der Waals surface area contributed by atoms with Crippen LogP contribution >= 0.6 is 0 Å². The molecule has 0 spiro atoms. The van der Waals surface area contributed by atoms with E-state index in [0.29, 0.717) is 16.8 Å². The lowest BCUT2D eigenvalue weighted by molar-refractivity contribution is -0.146. The highest BCUT2D eigenvalue weighted by Gasteiger charge is 2.16. The number of esters is 1. The number of hydrogen-bond donors (Lipinski definition) is 2. The van der Waals surface area contributed by atoms with Crippen LogP contribution in [0.5, 0.6) is 0 Å². The maximum absolute atomic E-state index is 12.8. The van der Waals surface area contributed by atoms with Crippen LogP contribution in [0.25, 0.3) is 10.9 Å². The second kappa shape index (κ2) is 9.09. The largest absolute Gasteiger partial charge is 0.455 e. The number of nitrogens with one attached hydrogen (secondary N) is 2. The molecule has 2 N–H and O–H groups in total. The summed E-state index contributed by atoms with van der Waals surface area (Å²) in [5.41, 5.74) is 3.00. The lowest BCUT2D eigenvalue weighted by atomic mass is 10.0. The highest BCUT2D eigenvalue weighted by Crippen LogP contribution is 2.20. The molecule has 0 saturated carbocycles. The Bertz CT molecular complexity index is 1240. The number of carbonyl (C=O) groups is 3. The molecule has 6 heteroatoms. The molecule has 0 unspecified atom stereocenters. The average molecular weight is 412 g/mol. The summed E-state index contributed by atoms with van der Waals surface area (Å²) in [5.74, 6) is -1.22. The first-order valence-corrected chi connectivity index (χ1v) is 9.81. The molecule has 0 saturated heterocycles. The van der Waals surface area contributed by atoms with Gasteiger partial charge in [-0.1, -0.05) is 60.7 Å². The fourth-order valence-electron chi connectivity index (χ4n) is 3.35. The Balaban J connectivity index is 1.37. The highest BCUT2D eigenvalue weighted by atomic mass is 16.5. The van der Waals surface area contributed by atoms with Crippen molar-refractivity contribution in [2.24, 2.45) is 0 Å². The van der Waals surface area contributed by atoms with Gasteiger partial charge in [0, 0.05) is 28.2 Å². The van der Waals surface area contributed by atoms with E-state index in [1.54, 1.807) is 54.7 Å². The van der Waals surface area contributed by atoms with Crippen molar-refractivity contribution in [2.45, 2.75) is 6.42 Å². The molecule has 154 valence electrons. The summed E-state index contributed by atoms with van der Waals surface area (Å²) >= 11 is 0. The van der Waals surface area contributed by atoms with Crippen LogP contribution in [0, 0.1) is 0 Å². The molecule has 4 rings (SSSR count). The summed E-state index contributed by atoms with van der Waals surface area (Å²) in [5, 5.41) is 3.60. The molecule has 4 aromatic rings. The number of benzene rings is 3. The Morgan fingerprint density at radius 1 is 0.839 bits per heavy atom. The van der Waals surface area contributed by atoms with Crippen LogP contribution in [0.4, 0.5) is 5.69 Å². The van der Waals surface area contributed by atoms with E-state index >= 15 is 0 Å². The Kier molecular flexibility index (Phi) is 5.89. The molecule has 0 radical (unpaired) electrons. The minimum atomic E-state index is -0.513. The van der Waals surface area contributed by atoms with E-state index in [-0.39, 0.29) is 12.2 Å². The van der Waals surface area contributed by atoms with E-state index in [1.165, 1.54) is 0 Å². The van der Waals surface area contributed by atoms with E-state index in [0.717, 1.165) is 16.5 Å². The van der Waals surface area contributed by atoms with Crippen LogP contribution in [0.2, 0.25) is 0 Å². The highest BCUT2D eigenvalue weighted by molar-refractivity contribution is 6.13.